The van der Waals surface area contributed by atoms with E-state index in [2.05, 4.69) is 31.2 Å². The van der Waals surface area contributed by atoms with Crippen molar-refractivity contribution in [2.75, 3.05) is 0 Å². The lowest BCUT2D eigenvalue weighted by Crippen LogP contribution is -2.02. The maximum Gasteiger partial charge on any atom is 0.120 e. The molecule has 0 amide bonds. The molecule has 1 aromatic rings. The van der Waals surface area contributed by atoms with Gasteiger partial charge in [0.1, 0.15) is 6.29 Å². The number of carbonyl (C=O) groups is 1. The zero-order valence-corrected chi connectivity index (χ0v) is 10.7. The summed E-state index contributed by atoms with van der Waals surface area (Å²) in [5.41, 5.74) is 0. The molecule has 0 aliphatic carbocycles. The van der Waals surface area contributed by atoms with Gasteiger partial charge in [-0.3, -0.25) is 0 Å². The second-order valence-corrected chi connectivity index (χ2v) is 5.31. The number of carbonyl (C=O) groups excluding carboxylic acids is 1. The SMILES string of the molecule is CCCCC(CCC=O)Sc1ccccc1. The van der Waals surface area contributed by atoms with Crippen LogP contribution in [0.2, 0.25) is 0 Å². The Balaban J connectivity index is 2.45. The summed E-state index contributed by atoms with van der Waals surface area (Å²) in [7, 11) is 0. The molecule has 0 saturated carbocycles. The molecule has 16 heavy (non-hydrogen) atoms. The number of thioether (sulfide) groups is 1. The van der Waals surface area contributed by atoms with Crippen LogP contribution in [-0.4, -0.2) is 11.5 Å². The van der Waals surface area contributed by atoms with Crippen LogP contribution in [0.25, 0.3) is 0 Å². The first-order chi connectivity index (χ1) is 7.86. The van der Waals surface area contributed by atoms with Crippen molar-refractivity contribution in [2.45, 2.75) is 49.2 Å². The van der Waals surface area contributed by atoms with Crippen molar-refractivity contribution in [1.82, 2.24) is 0 Å². The van der Waals surface area contributed by atoms with E-state index in [1.54, 1.807) is 0 Å². The average molecular weight is 236 g/mol. The Kier molecular flexibility index (Phi) is 6.98. The maximum atomic E-state index is 10.4. The smallest absolute Gasteiger partial charge is 0.120 e. The first-order valence-corrected chi connectivity index (χ1v) is 6.90. The topological polar surface area (TPSA) is 17.1 Å². The molecule has 0 aliphatic rings. The molecule has 1 atom stereocenters. The zero-order chi connectivity index (χ0) is 11.6. The fourth-order valence-electron chi connectivity index (χ4n) is 1.64. The predicted octanol–water partition coefficient (Wildman–Crippen LogP) is 4.32. The van der Waals surface area contributed by atoms with Gasteiger partial charge in [-0.05, 0) is 25.0 Å². The Morgan fingerprint density at radius 1 is 1.25 bits per heavy atom. The first kappa shape index (κ1) is 13.3. The molecule has 1 nitrogen and oxygen atoms in total. The molecule has 0 fully saturated rings. The predicted molar refractivity (Wildman–Crippen MR) is 70.9 cm³/mol. The van der Waals surface area contributed by atoms with E-state index in [4.69, 9.17) is 0 Å². The summed E-state index contributed by atoms with van der Waals surface area (Å²) in [4.78, 5) is 11.7. The largest absolute Gasteiger partial charge is 0.303 e. The Bertz CT molecular complexity index is 284. The number of benzene rings is 1. The Labute approximate surface area is 103 Å². The summed E-state index contributed by atoms with van der Waals surface area (Å²) in [5.74, 6) is 0. The first-order valence-electron chi connectivity index (χ1n) is 6.02. The standard InChI is InChI=1S/C14H20OS/c1-2-3-8-13(11-7-12-15)16-14-9-5-4-6-10-14/h4-6,9-10,12-13H,2-3,7-8,11H2,1H3. The molecule has 1 rings (SSSR count). The van der Waals surface area contributed by atoms with E-state index in [1.165, 1.54) is 24.2 Å². The van der Waals surface area contributed by atoms with Crippen LogP contribution in [0.15, 0.2) is 35.2 Å². The summed E-state index contributed by atoms with van der Waals surface area (Å²) in [6, 6.07) is 10.5. The summed E-state index contributed by atoms with van der Waals surface area (Å²) >= 11 is 1.91. The van der Waals surface area contributed by atoms with Crippen LogP contribution in [0.1, 0.15) is 39.0 Å². The number of aldehydes is 1. The molecule has 0 spiro atoms. The van der Waals surface area contributed by atoms with Crippen molar-refractivity contribution >= 4 is 18.0 Å². The number of rotatable bonds is 8. The molecule has 0 radical (unpaired) electrons. The van der Waals surface area contributed by atoms with Gasteiger partial charge in [-0.2, -0.15) is 0 Å². The quantitative estimate of drug-likeness (QED) is 0.494. The van der Waals surface area contributed by atoms with E-state index >= 15 is 0 Å². The molecule has 0 N–H and O–H groups in total. The van der Waals surface area contributed by atoms with Crippen LogP contribution in [0, 0.1) is 0 Å². The lowest BCUT2D eigenvalue weighted by Gasteiger charge is -2.14. The Morgan fingerprint density at radius 3 is 2.62 bits per heavy atom. The minimum atomic E-state index is 0.590. The van der Waals surface area contributed by atoms with Crippen LogP contribution >= 0.6 is 11.8 Å². The average Bonchev–Trinajstić information content (AvgIpc) is 2.34. The molecular formula is C14H20OS. The lowest BCUT2D eigenvalue weighted by atomic mass is 10.1. The molecule has 0 aliphatic heterocycles. The van der Waals surface area contributed by atoms with E-state index in [0.29, 0.717) is 11.7 Å². The second kappa shape index (κ2) is 8.40. The number of hydrogen-bond donors (Lipinski definition) is 0. The van der Waals surface area contributed by atoms with Crippen LogP contribution in [0.4, 0.5) is 0 Å². The van der Waals surface area contributed by atoms with Gasteiger partial charge in [-0.25, -0.2) is 0 Å². The third-order valence-corrected chi connectivity index (χ3v) is 3.88. The van der Waals surface area contributed by atoms with Gasteiger partial charge in [0, 0.05) is 16.6 Å². The van der Waals surface area contributed by atoms with Crippen LogP contribution in [-0.2, 0) is 4.79 Å². The normalized spacial score (nSPS) is 12.3. The molecular weight excluding hydrogens is 216 g/mol. The lowest BCUT2D eigenvalue weighted by molar-refractivity contribution is -0.107. The highest BCUT2D eigenvalue weighted by molar-refractivity contribution is 8.00. The van der Waals surface area contributed by atoms with E-state index in [1.807, 2.05) is 17.8 Å². The molecule has 2 heteroatoms. The van der Waals surface area contributed by atoms with Crippen LogP contribution in [0.5, 0.6) is 0 Å². The molecule has 1 unspecified atom stereocenters. The molecule has 0 aromatic heterocycles. The van der Waals surface area contributed by atoms with Gasteiger partial charge in [0.25, 0.3) is 0 Å². The molecule has 0 bridgehead atoms. The molecule has 88 valence electrons. The minimum Gasteiger partial charge on any atom is -0.303 e. The highest BCUT2D eigenvalue weighted by Gasteiger charge is 2.09. The highest BCUT2D eigenvalue weighted by Crippen LogP contribution is 2.29. The second-order valence-electron chi connectivity index (χ2n) is 3.94. The number of unbranched alkanes of at least 4 members (excludes halogenated alkanes) is 1. The summed E-state index contributed by atoms with van der Waals surface area (Å²) in [6.45, 7) is 2.21. The number of hydrogen-bond acceptors (Lipinski definition) is 2. The fourth-order valence-corrected chi connectivity index (χ4v) is 2.88. The third-order valence-electron chi connectivity index (χ3n) is 2.53. The summed E-state index contributed by atoms with van der Waals surface area (Å²) in [5, 5.41) is 0.590. The van der Waals surface area contributed by atoms with Crippen LogP contribution < -0.4 is 0 Å². The van der Waals surface area contributed by atoms with Gasteiger partial charge in [0.2, 0.25) is 0 Å². The van der Waals surface area contributed by atoms with Gasteiger partial charge < -0.3 is 4.79 Å². The van der Waals surface area contributed by atoms with Crippen molar-refractivity contribution in [1.29, 1.82) is 0 Å². The van der Waals surface area contributed by atoms with Gasteiger partial charge in [-0.1, -0.05) is 38.0 Å². The van der Waals surface area contributed by atoms with Crippen molar-refractivity contribution in [3.63, 3.8) is 0 Å². The molecule has 0 heterocycles. The molecule has 0 saturated heterocycles. The van der Waals surface area contributed by atoms with Crippen molar-refractivity contribution < 1.29 is 4.79 Å². The van der Waals surface area contributed by atoms with Gasteiger partial charge in [0.05, 0.1) is 0 Å². The maximum absolute atomic E-state index is 10.4. The highest BCUT2D eigenvalue weighted by atomic mass is 32.2. The fraction of sp³-hybridized carbons (Fsp3) is 0.500. The van der Waals surface area contributed by atoms with Crippen LogP contribution in [0.3, 0.4) is 0 Å². The monoisotopic (exact) mass is 236 g/mol. The van der Waals surface area contributed by atoms with Gasteiger partial charge >= 0.3 is 0 Å². The molecule has 1 aromatic carbocycles. The van der Waals surface area contributed by atoms with Crippen molar-refractivity contribution in [2.24, 2.45) is 0 Å². The summed E-state index contributed by atoms with van der Waals surface area (Å²) < 4.78 is 0. The van der Waals surface area contributed by atoms with Gasteiger partial charge in [-0.15, -0.1) is 11.8 Å². The van der Waals surface area contributed by atoms with Crippen molar-refractivity contribution in [3.8, 4) is 0 Å². The van der Waals surface area contributed by atoms with Crippen molar-refractivity contribution in [3.05, 3.63) is 30.3 Å². The minimum absolute atomic E-state index is 0.590. The van der Waals surface area contributed by atoms with Gasteiger partial charge in [0.15, 0.2) is 0 Å². The van der Waals surface area contributed by atoms with E-state index in [-0.39, 0.29) is 0 Å². The third kappa shape index (κ3) is 5.36. The van der Waals surface area contributed by atoms with E-state index < -0.39 is 0 Å². The summed E-state index contributed by atoms with van der Waals surface area (Å²) in [6.07, 6.45) is 6.42. The van der Waals surface area contributed by atoms with E-state index in [0.717, 1.165) is 12.7 Å². The zero-order valence-electron chi connectivity index (χ0n) is 9.89. The Morgan fingerprint density at radius 2 is 2.00 bits per heavy atom. The van der Waals surface area contributed by atoms with E-state index in [9.17, 15) is 4.79 Å². The Hall–Kier alpha value is -0.760.